The number of halogens is 1. The molecule has 1 aliphatic rings. The Bertz CT molecular complexity index is 792. The predicted molar refractivity (Wildman–Crippen MR) is 129 cm³/mol. The molecule has 2 aromatic rings. The quantitative estimate of drug-likeness (QED) is 0.354. The topological polar surface area (TPSA) is 60.3 Å². The first-order valence-corrected chi connectivity index (χ1v) is 9.84. The number of aliphatic imine (C=N–C) groups is 1. The lowest BCUT2D eigenvalue weighted by Crippen LogP contribution is -2.52. The number of methoxy groups -OCH3 is 1. The van der Waals surface area contributed by atoms with Crippen molar-refractivity contribution in [1.29, 1.82) is 0 Å². The van der Waals surface area contributed by atoms with Crippen LogP contribution in [0.4, 0.5) is 5.69 Å². The minimum atomic E-state index is 0. The van der Waals surface area contributed by atoms with E-state index in [2.05, 4.69) is 34.2 Å². The van der Waals surface area contributed by atoms with Gasteiger partial charge >= 0.3 is 0 Å². The van der Waals surface area contributed by atoms with Crippen LogP contribution in [0.3, 0.4) is 0 Å². The largest absolute Gasteiger partial charge is 0.506 e. The summed E-state index contributed by atoms with van der Waals surface area (Å²) in [6, 6.07) is 15.8. The summed E-state index contributed by atoms with van der Waals surface area (Å²) in [6.07, 6.45) is 0. The molecule has 0 bridgehead atoms. The van der Waals surface area contributed by atoms with Crippen molar-refractivity contribution in [3.8, 4) is 5.75 Å². The van der Waals surface area contributed by atoms with E-state index in [1.54, 1.807) is 13.2 Å². The Labute approximate surface area is 190 Å². The maximum atomic E-state index is 10.1. The van der Waals surface area contributed by atoms with Crippen LogP contribution in [0.25, 0.3) is 0 Å². The normalized spacial score (nSPS) is 14.5. The smallest absolute Gasteiger partial charge is 0.194 e. The molecule has 1 fully saturated rings. The van der Waals surface area contributed by atoms with Crippen molar-refractivity contribution >= 4 is 35.6 Å². The van der Waals surface area contributed by atoms with E-state index < -0.39 is 0 Å². The molecular formula is C22H31IN4O2. The third kappa shape index (κ3) is 6.24. The number of aromatic hydroxyl groups is 1. The summed E-state index contributed by atoms with van der Waals surface area (Å²) in [7, 11) is 1.72. The maximum absolute atomic E-state index is 10.1. The third-order valence-electron chi connectivity index (χ3n) is 4.95. The van der Waals surface area contributed by atoms with E-state index >= 15 is 0 Å². The number of para-hydroxylation sites is 2. The molecular weight excluding hydrogens is 479 g/mol. The van der Waals surface area contributed by atoms with Gasteiger partial charge in [0.1, 0.15) is 5.75 Å². The second-order valence-electron chi connectivity index (χ2n) is 6.83. The van der Waals surface area contributed by atoms with E-state index in [0.29, 0.717) is 18.9 Å². The van der Waals surface area contributed by atoms with Crippen molar-refractivity contribution in [3.05, 3.63) is 59.7 Å². The van der Waals surface area contributed by atoms with Gasteiger partial charge in [-0.15, -0.1) is 24.0 Å². The van der Waals surface area contributed by atoms with Crippen LogP contribution in [0.15, 0.2) is 53.5 Å². The number of phenolic OH excluding ortho intramolecular Hbond substituents is 1. The number of nitrogens with zero attached hydrogens (tertiary/aromatic N) is 3. The first-order valence-electron chi connectivity index (χ1n) is 9.84. The van der Waals surface area contributed by atoms with Crippen molar-refractivity contribution in [3.63, 3.8) is 0 Å². The third-order valence-corrected chi connectivity index (χ3v) is 4.95. The van der Waals surface area contributed by atoms with Gasteiger partial charge in [0, 0.05) is 39.8 Å². The van der Waals surface area contributed by atoms with Gasteiger partial charge in [-0.2, -0.15) is 0 Å². The highest BCUT2D eigenvalue weighted by Gasteiger charge is 2.21. The van der Waals surface area contributed by atoms with Crippen molar-refractivity contribution in [1.82, 2.24) is 10.2 Å². The van der Waals surface area contributed by atoms with E-state index in [0.717, 1.165) is 44.4 Å². The molecule has 0 radical (unpaired) electrons. The second kappa shape index (κ2) is 11.9. The van der Waals surface area contributed by atoms with Gasteiger partial charge in [-0.1, -0.05) is 36.4 Å². The molecule has 2 N–H and O–H groups in total. The summed E-state index contributed by atoms with van der Waals surface area (Å²) in [6.45, 7) is 7.57. The molecule has 158 valence electrons. The van der Waals surface area contributed by atoms with E-state index in [1.807, 2.05) is 30.3 Å². The van der Waals surface area contributed by atoms with Crippen LogP contribution in [0.5, 0.6) is 5.75 Å². The number of anilines is 1. The van der Waals surface area contributed by atoms with Gasteiger partial charge in [-0.25, -0.2) is 4.99 Å². The van der Waals surface area contributed by atoms with Crippen LogP contribution in [-0.4, -0.2) is 55.8 Å². The first-order chi connectivity index (χ1) is 13.7. The van der Waals surface area contributed by atoms with E-state index in [4.69, 9.17) is 9.73 Å². The second-order valence-corrected chi connectivity index (χ2v) is 6.83. The van der Waals surface area contributed by atoms with Gasteiger partial charge in [-0.05, 0) is 30.2 Å². The zero-order valence-corrected chi connectivity index (χ0v) is 19.5. The van der Waals surface area contributed by atoms with Crippen molar-refractivity contribution in [2.45, 2.75) is 20.1 Å². The van der Waals surface area contributed by atoms with E-state index in [9.17, 15) is 5.11 Å². The van der Waals surface area contributed by atoms with Crippen LogP contribution in [0.1, 0.15) is 18.1 Å². The van der Waals surface area contributed by atoms with Crippen molar-refractivity contribution < 1.29 is 9.84 Å². The number of ether oxygens (including phenoxy) is 1. The lowest BCUT2D eigenvalue weighted by Gasteiger charge is -2.37. The van der Waals surface area contributed by atoms with Crippen LogP contribution < -0.4 is 10.2 Å². The number of hydrogen-bond acceptors (Lipinski definition) is 4. The highest BCUT2D eigenvalue weighted by Crippen LogP contribution is 2.27. The molecule has 6 nitrogen and oxygen atoms in total. The summed E-state index contributed by atoms with van der Waals surface area (Å²) < 4.78 is 5.30. The molecule has 0 atom stereocenters. The Morgan fingerprint density at radius 2 is 1.69 bits per heavy atom. The number of piperazine rings is 1. The van der Waals surface area contributed by atoms with Crippen LogP contribution in [-0.2, 0) is 17.9 Å². The molecule has 0 amide bonds. The molecule has 1 heterocycles. The Morgan fingerprint density at radius 3 is 2.34 bits per heavy atom. The first kappa shape index (κ1) is 23.3. The standard InChI is InChI=1S/C22H30N4O2.HI/c1-3-23-22(24-16-18-8-4-5-9-19(18)17-28-2)26-14-12-25(13-15-26)20-10-6-7-11-21(20)27;/h4-11,27H,3,12-17H2,1-2H3,(H,23,24);1H. The highest BCUT2D eigenvalue weighted by atomic mass is 127. The molecule has 1 saturated heterocycles. The summed E-state index contributed by atoms with van der Waals surface area (Å²) >= 11 is 0. The Morgan fingerprint density at radius 1 is 1.03 bits per heavy atom. The SMILES string of the molecule is CCNC(=NCc1ccccc1COC)N1CCN(c2ccccc2O)CC1.I. The summed E-state index contributed by atoms with van der Waals surface area (Å²) in [4.78, 5) is 9.39. The van der Waals surface area contributed by atoms with Crippen LogP contribution >= 0.6 is 24.0 Å². The molecule has 3 rings (SSSR count). The van der Waals surface area contributed by atoms with Gasteiger partial charge in [0.15, 0.2) is 5.96 Å². The summed E-state index contributed by atoms with van der Waals surface area (Å²) in [5.41, 5.74) is 3.26. The monoisotopic (exact) mass is 510 g/mol. The Kier molecular flexibility index (Phi) is 9.53. The molecule has 29 heavy (non-hydrogen) atoms. The number of hydrogen-bond donors (Lipinski definition) is 2. The van der Waals surface area contributed by atoms with Gasteiger partial charge in [0.05, 0.1) is 18.8 Å². The maximum Gasteiger partial charge on any atom is 0.194 e. The summed E-state index contributed by atoms with van der Waals surface area (Å²) in [5.74, 6) is 1.28. The Balaban J connectivity index is 0.00000300. The average molecular weight is 510 g/mol. The minimum absolute atomic E-state index is 0. The zero-order chi connectivity index (χ0) is 19.8. The molecule has 7 heteroatoms. The van der Waals surface area contributed by atoms with E-state index in [-0.39, 0.29) is 24.0 Å². The molecule has 2 aromatic carbocycles. The fraction of sp³-hybridized carbons (Fsp3) is 0.409. The van der Waals surface area contributed by atoms with Gasteiger partial charge in [-0.3, -0.25) is 0 Å². The minimum Gasteiger partial charge on any atom is -0.506 e. The predicted octanol–water partition coefficient (Wildman–Crippen LogP) is 3.44. The number of benzene rings is 2. The van der Waals surface area contributed by atoms with Crippen LogP contribution in [0, 0.1) is 0 Å². The highest BCUT2D eigenvalue weighted by molar-refractivity contribution is 14.0. The molecule has 1 aliphatic heterocycles. The van der Waals surface area contributed by atoms with Crippen molar-refractivity contribution in [2.75, 3.05) is 44.7 Å². The number of guanidine groups is 1. The molecule has 0 saturated carbocycles. The van der Waals surface area contributed by atoms with Crippen LogP contribution in [0.2, 0.25) is 0 Å². The van der Waals surface area contributed by atoms with Gasteiger partial charge in [0.25, 0.3) is 0 Å². The molecule has 0 aromatic heterocycles. The number of rotatable bonds is 6. The molecule has 0 spiro atoms. The fourth-order valence-electron chi connectivity index (χ4n) is 3.48. The van der Waals surface area contributed by atoms with Gasteiger partial charge < -0.3 is 25.0 Å². The lowest BCUT2D eigenvalue weighted by atomic mass is 10.1. The fourth-order valence-corrected chi connectivity index (χ4v) is 3.48. The lowest BCUT2D eigenvalue weighted by molar-refractivity contribution is 0.184. The molecule has 0 unspecified atom stereocenters. The number of nitrogens with one attached hydrogen (secondary N) is 1. The number of phenols is 1. The summed E-state index contributed by atoms with van der Waals surface area (Å²) in [5, 5.41) is 13.5. The Hall–Kier alpha value is -2.00. The van der Waals surface area contributed by atoms with Crippen molar-refractivity contribution in [2.24, 2.45) is 4.99 Å². The zero-order valence-electron chi connectivity index (χ0n) is 17.2. The van der Waals surface area contributed by atoms with E-state index in [1.165, 1.54) is 11.1 Å². The molecule has 0 aliphatic carbocycles. The van der Waals surface area contributed by atoms with Gasteiger partial charge in [0.2, 0.25) is 0 Å². The average Bonchev–Trinajstić information content (AvgIpc) is 2.73.